The number of carbonyl (C=O) groups is 1. The Bertz CT molecular complexity index is 2140. The quantitative estimate of drug-likeness (QED) is 0.0199. The number of aliphatic hydroxyl groups is 11. The predicted octanol–water partition coefficient (Wildman–Crippen LogP) is 13.0. The summed E-state index contributed by atoms with van der Waals surface area (Å²) in [6, 6.07) is -0.985. The van der Waals surface area contributed by atoms with Crippen LogP contribution in [0.3, 0.4) is 0 Å². The first kappa shape index (κ1) is 91.2. The van der Waals surface area contributed by atoms with Gasteiger partial charge in [0.05, 0.1) is 38.6 Å². The number of aliphatic hydroxyl groups excluding tert-OH is 11. The number of amides is 1. The fourth-order valence-electron chi connectivity index (χ4n) is 13.1. The maximum Gasteiger partial charge on any atom is 0.220 e. The summed E-state index contributed by atoms with van der Waals surface area (Å²) in [5.41, 5.74) is 0. The summed E-state index contributed by atoms with van der Waals surface area (Å²) in [5.74, 6) is -0.284. The number of hydrogen-bond donors (Lipinski definition) is 12. The zero-order chi connectivity index (χ0) is 72.5. The van der Waals surface area contributed by atoms with Gasteiger partial charge in [0.15, 0.2) is 18.9 Å². The normalized spacial score (nSPS) is 26.9. The minimum Gasteiger partial charge on any atom is -0.394 e. The van der Waals surface area contributed by atoms with Crippen molar-refractivity contribution in [3.05, 3.63) is 85.1 Å². The molecule has 0 radical (unpaired) electrons. The van der Waals surface area contributed by atoms with Crippen LogP contribution in [-0.2, 0) is 33.2 Å². The average molecular weight is 1420 g/mol. The SMILES string of the molecule is CC/C=C\C/C=C\C/C=C\C/C=C\C/C=C\C/C=C\CCCCCCCCCCC(=O)NC(COC1OC(CO)C(OC2OC(CO)C(OC3OC(CO)C(O)C(O)C3O)C(O)C2O)C(O)C1O)C(O)/C=C/CCCCCCCCCCCCCCCCCCCCCCCCCCCC. The van der Waals surface area contributed by atoms with Crippen LogP contribution in [-0.4, -0.2) is 193 Å². The van der Waals surface area contributed by atoms with Crippen molar-refractivity contribution in [2.24, 2.45) is 0 Å². The Morgan fingerprint density at radius 3 is 1.08 bits per heavy atom. The predicted molar refractivity (Wildman–Crippen MR) is 397 cm³/mol. The monoisotopic (exact) mass is 1420 g/mol. The number of nitrogens with one attached hydrogen (secondary N) is 1. The number of rotatable bonds is 62. The lowest BCUT2D eigenvalue weighted by molar-refractivity contribution is -0.379. The smallest absolute Gasteiger partial charge is 0.220 e. The van der Waals surface area contributed by atoms with E-state index >= 15 is 0 Å². The Morgan fingerprint density at radius 1 is 0.370 bits per heavy atom. The summed E-state index contributed by atoms with van der Waals surface area (Å²) in [7, 11) is 0. The van der Waals surface area contributed by atoms with Gasteiger partial charge in [-0.05, 0) is 70.6 Å². The molecule has 1 amide bonds. The Hall–Kier alpha value is -3.03. The second-order valence-electron chi connectivity index (χ2n) is 28.1. The Balaban J connectivity index is 1.40. The molecule has 3 aliphatic rings. The molecule has 580 valence electrons. The van der Waals surface area contributed by atoms with E-state index in [2.05, 4.69) is 92.1 Å². The van der Waals surface area contributed by atoms with Crippen LogP contribution in [0.4, 0.5) is 0 Å². The molecule has 3 fully saturated rings. The minimum absolute atomic E-state index is 0.229. The van der Waals surface area contributed by atoms with Gasteiger partial charge in [-0.25, -0.2) is 0 Å². The number of hydrogen-bond acceptors (Lipinski definition) is 18. The molecule has 0 spiro atoms. The number of carbonyl (C=O) groups excluding carboxylic acids is 1. The summed E-state index contributed by atoms with van der Waals surface area (Å²) in [4.78, 5) is 13.5. The molecule has 0 aromatic heterocycles. The van der Waals surface area contributed by atoms with E-state index in [1.807, 2.05) is 6.08 Å². The molecule has 0 aromatic carbocycles. The number of ether oxygens (including phenoxy) is 6. The highest BCUT2D eigenvalue weighted by molar-refractivity contribution is 5.76. The van der Waals surface area contributed by atoms with Gasteiger partial charge in [0.25, 0.3) is 0 Å². The van der Waals surface area contributed by atoms with E-state index in [0.29, 0.717) is 6.42 Å². The van der Waals surface area contributed by atoms with Gasteiger partial charge in [-0.15, -0.1) is 0 Å². The van der Waals surface area contributed by atoms with Crippen LogP contribution in [0, 0.1) is 0 Å². The lowest BCUT2D eigenvalue weighted by Crippen LogP contribution is -2.66. The van der Waals surface area contributed by atoms with Crippen LogP contribution in [0.5, 0.6) is 0 Å². The second kappa shape index (κ2) is 61.2. The molecule has 0 aliphatic carbocycles. The van der Waals surface area contributed by atoms with Gasteiger partial charge in [0.2, 0.25) is 5.91 Å². The van der Waals surface area contributed by atoms with E-state index < -0.39 is 124 Å². The van der Waals surface area contributed by atoms with Crippen molar-refractivity contribution in [3.63, 3.8) is 0 Å². The summed E-state index contributed by atoms with van der Waals surface area (Å²) >= 11 is 0. The van der Waals surface area contributed by atoms with Crippen LogP contribution in [0.1, 0.15) is 290 Å². The first-order valence-corrected chi connectivity index (χ1v) is 39.8. The standard InChI is InChI=1S/C81H143NO18/c1-3-5-7-9-11-13-15-17-19-21-23-25-27-29-31-33-34-36-38-40-42-44-46-48-50-52-54-56-58-65(86)64(82-69(87)59-57-55-53-51-49-47-45-43-41-39-37-35-32-30-28-26-24-22-20-18-16-14-12-10-8-6-4-2)63-95-79-75(93)72(90)77(67(61-84)97-79)100-81-76(94)73(91)78(68(62-85)98-81)99-80-74(92)71(89)70(88)66(60-83)96-80/h6,8,12,14,18,20,24,26,30,32,37,39,56,58,64-68,70-81,83-86,88-94H,3-5,7,9-11,13,15-17,19,21-23,25,27-29,31,33-36,38,40-55,57,59-63H2,1-2H3,(H,82,87)/b8-6-,14-12-,20-18-,26-24-,32-30-,39-37-,58-56+. The molecule has 12 N–H and O–H groups in total. The van der Waals surface area contributed by atoms with Crippen LogP contribution in [0.25, 0.3) is 0 Å². The van der Waals surface area contributed by atoms with Gasteiger partial charge in [0.1, 0.15) is 73.2 Å². The van der Waals surface area contributed by atoms with Gasteiger partial charge in [-0.1, -0.05) is 298 Å². The van der Waals surface area contributed by atoms with Crippen LogP contribution in [0.15, 0.2) is 85.1 Å². The summed E-state index contributed by atoms with van der Waals surface area (Å²) in [6.07, 6.45) is 54.1. The Labute approximate surface area is 603 Å². The average Bonchev–Trinajstić information content (AvgIpc) is 0.783. The molecular formula is C81H143NO18. The number of unbranched alkanes of at least 4 members (excludes halogenated alkanes) is 34. The molecule has 3 saturated heterocycles. The zero-order valence-electron chi connectivity index (χ0n) is 61.9. The molecule has 3 rings (SSSR count). The maximum absolute atomic E-state index is 13.5. The summed E-state index contributed by atoms with van der Waals surface area (Å²) < 4.78 is 34.4. The fraction of sp³-hybridized carbons (Fsp3) is 0.815. The van der Waals surface area contributed by atoms with E-state index in [1.54, 1.807) is 6.08 Å². The third kappa shape index (κ3) is 41.0. The van der Waals surface area contributed by atoms with E-state index in [0.717, 1.165) is 103 Å². The van der Waals surface area contributed by atoms with Gasteiger partial charge < -0.3 is 89.9 Å². The van der Waals surface area contributed by atoms with Crippen LogP contribution in [0.2, 0.25) is 0 Å². The molecule has 100 heavy (non-hydrogen) atoms. The Kier molecular flexibility index (Phi) is 55.8. The van der Waals surface area contributed by atoms with Crippen molar-refractivity contribution in [1.29, 1.82) is 0 Å². The zero-order valence-corrected chi connectivity index (χ0v) is 61.9. The molecule has 19 nitrogen and oxygen atoms in total. The van der Waals surface area contributed by atoms with Crippen LogP contribution < -0.4 is 5.32 Å². The minimum atomic E-state index is -1.98. The highest BCUT2D eigenvalue weighted by atomic mass is 16.8. The number of allylic oxidation sites excluding steroid dienone is 13. The molecule has 0 bridgehead atoms. The molecule has 3 aliphatic heterocycles. The highest BCUT2D eigenvalue weighted by Gasteiger charge is 2.54. The maximum atomic E-state index is 13.5. The van der Waals surface area contributed by atoms with Gasteiger partial charge in [-0.3, -0.25) is 4.79 Å². The van der Waals surface area contributed by atoms with Gasteiger partial charge in [-0.2, -0.15) is 0 Å². The van der Waals surface area contributed by atoms with Crippen molar-refractivity contribution in [1.82, 2.24) is 5.32 Å². The molecule has 19 heteroatoms. The van der Waals surface area contributed by atoms with E-state index in [9.17, 15) is 61.0 Å². The first-order chi connectivity index (χ1) is 48.8. The third-order valence-corrected chi connectivity index (χ3v) is 19.4. The largest absolute Gasteiger partial charge is 0.394 e. The second-order valence-corrected chi connectivity index (χ2v) is 28.1. The molecule has 0 saturated carbocycles. The van der Waals surface area contributed by atoms with E-state index in [4.69, 9.17) is 28.4 Å². The molecular weight excluding hydrogens is 1270 g/mol. The van der Waals surface area contributed by atoms with Gasteiger partial charge >= 0.3 is 0 Å². The Morgan fingerprint density at radius 2 is 0.690 bits per heavy atom. The molecule has 0 aromatic rings. The van der Waals surface area contributed by atoms with E-state index in [-0.39, 0.29) is 18.9 Å². The summed E-state index contributed by atoms with van der Waals surface area (Å²) in [6.45, 7) is 1.64. The lowest BCUT2D eigenvalue weighted by atomic mass is 9.96. The molecule has 17 unspecified atom stereocenters. The summed E-state index contributed by atoms with van der Waals surface area (Å²) in [5, 5.41) is 121. The van der Waals surface area contributed by atoms with Crippen molar-refractivity contribution < 1.29 is 89.4 Å². The fourth-order valence-corrected chi connectivity index (χ4v) is 13.1. The van der Waals surface area contributed by atoms with Crippen molar-refractivity contribution in [2.75, 3.05) is 26.4 Å². The third-order valence-electron chi connectivity index (χ3n) is 19.4. The van der Waals surface area contributed by atoms with Crippen LogP contribution >= 0.6 is 0 Å². The first-order valence-electron chi connectivity index (χ1n) is 39.8. The molecule has 3 heterocycles. The van der Waals surface area contributed by atoms with Crippen molar-refractivity contribution in [2.45, 2.75) is 394 Å². The molecule has 17 atom stereocenters. The lowest BCUT2D eigenvalue weighted by Gasteiger charge is -2.48. The van der Waals surface area contributed by atoms with Crippen molar-refractivity contribution in [3.8, 4) is 0 Å². The highest BCUT2D eigenvalue weighted by Crippen LogP contribution is 2.33. The van der Waals surface area contributed by atoms with Gasteiger partial charge in [0, 0.05) is 6.42 Å². The van der Waals surface area contributed by atoms with E-state index in [1.165, 1.54) is 161 Å². The van der Waals surface area contributed by atoms with Crippen molar-refractivity contribution >= 4 is 5.91 Å². The topological polar surface area (TPSA) is 307 Å².